The predicted molar refractivity (Wildman–Crippen MR) is 60.5 cm³/mol. The van der Waals surface area contributed by atoms with Crippen molar-refractivity contribution in [3.05, 3.63) is 28.5 Å². The van der Waals surface area contributed by atoms with Crippen LogP contribution in [0.2, 0.25) is 0 Å². The fourth-order valence-corrected chi connectivity index (χ4v) is 1.53. The van der Waals surface area contributed by atoms with Crippen LogP contribution in [-0.4, -0.2) is 30.9 Å². The Balaban J connectivity index is 2.09. The second-order valence-corrected chi connectivity index (χ2v) is 4.27. The van der Waals surface area contributed by atoms with E-state index in [1.807, 2.05) is 6.07 Å². The van der Waals surface area contributed by atoms with Gasteiger partial charge in [0.1, 0.15) is 6.61 Å². The predicted octanol–water partition coefficient (Wildman–Crippen LogP) is 2.51. The summed E-state index contributed by atoms with van der Waals surface area (Å²) in [5.41, 5.74) is 0.954. The molecule has 0 amide bonds. The number of ether oxygens (including phenoxy) is 1. The van der Waals surface area contributed by atoms with Crippen molar-refractivity contribution in [3.8, 4) is 0 Å². The second kappa shape index (κ2) is 6.93. The maximum Gasteiger partial charge on any atom is 0.411 e. The molecule has 1 aromatic heterocycles. The van der Waals surface area contributed by atoms with E-state index in [0.717, 1.165) is 10.0 Å². The van der Waals surface area contributed by atoms with Crippen LogP contribution in [-0.2, 0) is 11.3 Å². The first kappa shape index (κ1) is 14.4. The fourth-order valence-electron chi connectivity index (χ4n) is 1.12. The summed E-state index contributed by atoms with van der Waals surface area (Å²) < 4.78 is 40.5. The molecule has 0 aromatic carbocycles. The van der Waals surface area contributed by atoms with Crippen LogP contribution in [0, 0.1) is 0 Å². The number of halogens is 4. The Morgan fingerprint density at radius 1 is 1.35 bits per heavy atom. The van der Waals surface area contributed by atoms with E-state index in [1.165, 1.54) is 0 Å². The molecule has 0 spiro atoms. The van der Waals surface area contributed by atoms with Gasteiger partial charge in [-0.15, -0.1) is 0 Å². The molecular formula is C10H12BrF3N2O. The first-order valence-corrected chi connectivity index (χ1v) is 5.71. The van der Waals surface area contributed by atoms with Crippen LogP contribution < -0.4 is 5.32 Å². The number of nitrogens with one attached hydrogen (secondary N) is 1. The van der Waals surface area contributed by atoms with Crippen LogP contribution in [0.3, 0.4) is 0 Å². The van der Waals surface area contributed by atoms with E-state index in [0.29, 0.717) is 13.1 Å². The summed E-state index contributed by atoms with van der Waals surface area (Å²) >= 11 is 3.28. The fraction of sp³-hybridized carbons (Fsp3) is 0.500. The van der Waals surface area contributed by atoms with Gasteiger partial charge < -0.3 is 10.1 Å². The van der Waals surface area contributed by atoms with Crippen LogP contribution in [0.5, 0.6) is 0 Å². The zero-order chi connectivity index (χ0) is 12.7. The lowest BCUT2D eigenvalue weighted by Crippen LogP contribution is -2.23. The molecule has 1 N–H and O–H groups in total. The van der Waals surface area contributed by atoms with Crippen LogP contribution in [0.4, 0.5) is 13.2 Å². The molecule has 0 saturated heterocycles. The Labute approximate surface area is 106 Å². The normalized spacial score (nSPS) is 11.8. The SMILES string of the molecule is FC(F)(F)COCCNCc1cncc(Br)c1. The maximum atomic E-state index is 11.7. The number of rotatable bonds is 6. The Kier molecular flexibility index (Phi) is 5.87. The van der Waals surface area contributed by atoms with Gasteiger partial charge in [-0.25, -0.2) is 0 Å². The third kappa shape index (κ3) is 7.30. The molecule has 17 heavy (non-hydrogen) atoms. The average Bonchev–Trinajstić information content (AvgIpc) is 2.22. The number of aromatic nitrogens is 1. The smallest absolute Gasteiger partial charge is 0.371 e. The number of alkyl halides is 3. The van der Waals surface area contributed by atoms with Crippen LogP contribution in [0.25, 0.3) is 0 Å². The number of pyridine rings is 1. The maximum absolute atomic E-state index is 11.7. The van der Waals surface area contributed by atoms with Crippen molar-refractivity contribution in [1.82, 2.24) is 10.3 Å². The van der Waals surface area contributed by atoms with E-state index in [2.05, 4.69) is 31.0 Å². The van der Waals surface area contributed by atoms with E-state index < -0.39 is 12.8 Å². The standard InChI is InChI=1S/C10H12BrF3N2O/c11-9-3-8(5-16-6-9)4-15-1-2-17-7-10(12,13)14/h3,5-6,15H,1-2,4,7H2. The monoisotopic (exact) mass is 312 g/mol. The Bertz CT molecular complexity index is 347. The van der Waals surface area contributed by atoms with E-state index >= 15 is 0 Å². The molecule has 1 aromatic rings. The molecule has 0 aliphatic carbocycles. The van der Waals surface area contributed by atoms with Crippen LogP contribution in [0.15, 0.2) is 22.9 Å². The highest BCUT2D eigenvalue weighted by Crippen LogP contribution is 2.14. The van der Waals surface area contributed by atoms with E-state index in [1.54, 1.807) is 12.4 Å². The first-order chi connectivity index (χ1) is 7.97. The summed E-state index contributed by atoms with van der Waals surface area (Å²) in [7, 11) is 0. The third-order valence-electron chi connectivity index (χ3n) is 1.78. The van der Waals surface area contributed by atoms with Gasteiger partial charge in [-0.1, -0.05) is 0 Å². The number of nitrogens with zero attached hydrogens (tertiary/aromatic N) is 1. The minimum Gasteiger partial charge on any atom is -0.371 e. The molecule has 1 heterocycles. The Hall–Kier alpha value is -0.660. The van der Waals surface area contributed by atoms with Gasteiger partial charge in [-0.3, -0.25) is 4.98 Å². The zero-order valence-corrected chi connectivity index (χ0v) is 10.5. The Morgan fingerprint density at radius 2 is 2.12 bits per heavy atom. The van der Waals surface area contributed by atoms with E-state index in [-0.39, 0.29) is 6.61 Å². The molecule has 0 radical (unpaired) electrons. The zero-order valence-electron chi connectivity index (χ0n) is 8.93. The summed E-state index contributed by atoms with van der Waals surface area (Å²) in [6.07, 6.45) is -0.904. The largest absolute Gasteiger partial charge is 0.411 e. The average molecular weight is 313 g/mol. The minimum absolute atomic E-state index is 0.0287. The van der Waals surface area contributed by atoms with Gasteiger partial charge in [0.2, 0.25) is 0 Å². The van der Waals surface area contributed by atoms with Crippen molar-refractivity contribution in [2.24, 2.45) is 0 Å². The van der Waals surface area contributed by atoms with E-state index in [9.17, 15) is 13.2 Å². The third-order valence-corrected chi connectivity index (χ3v) is 2.21. The second-order valence-electron chi connectivity index (χ2n) is 3.36. The van der Waals surface area contributed by atoms with Crippen molar-refractivity contribution >= 4 is 15.9 Å². The van der Waals surface area contributed by atoms with Crippen molar-refractivity contribution in [2.45, 2.75) is 12.7 Å². The molecule has 0 aliphatic rings. The lowest BCUT2D eigenvalue weighted by atomic mass is 10.3. The minimum atomic E-state index is -4.26. The van der Waals surface area contributed by atoms with Crippen molar-refractivity contribution in [1.29, 1.82) is 0 Å². The molecular weight excluding hydrogens is 301 g/mol. The lowest BCUT2D eigenvalue weighted by molar-refractivity contribution is -0.173. The van der Waals surface area contributed by atoms with Gasteiger partial charge >= 0.3 is 6.18 Å². The van der Waals surface area contributed by atoms with Crippen molar-refractivity contribution < 1.29 is 17.9 Å². The van der Waals surface area contributed by atoms with Crippen LogP contribution in [0.1, 0.15) is 5.56 Å². The molecule has 1 rings (SSSR count). The Morgan fingerprint density at radius 3 is 2.76 bits per heavy atom. The van der Waals surface area contributed by atoms with Gasteiger partial charge in [0.25, 0.3) is 0 Å². The van der Waals surface area contributed by atoms with Crippen molar-refractivity contribution in [2.75, 3.05) is 19.8 Å². The van der Waals surface area contributed by atoms with Gasteiger partial charge in [0.15, 0.2) is 0 Å². The molecule has 7 heteroatoms. The molecule has 0 saturated carbocycles. The van der Waals surface area contributed by atoms with Gasteiger partial charge in [-0.05, 0) is 27.6 Å². The molecule has 0 atom stereocenters. The lowest BCUT2D eigenvalue weighted by Gasteiger charge is -2.08. The highest BCUT2D eigenvalue weighted by atomic mass is 79.9. The summed E-state index contributed by atoms with van der Waals surface area (Å²) in [6, 6.07) is 1.89. The van der Waals surface area contributed by atoms with Crippen molar-refractivity contribution in [3.63, 3.8) is 0 Å². The summed E-state index contributed by atoms with van der Waals surface area (Å²) in [5, 5.41) is 2.96. The van der Waals surface area contributed by atoms with Gasteiger partial charge in [0.05, 0.1) is 6.61 Å². The first-order valence-electron chi connectivity index (χ1n) is 4.92. The highest BCUT2D eigenvalue weighted by molar-refractivity contribution is 9.10. The van der Waals surface area contributed by atoms with Gasteiger partial charge in [-0.2, -0.15) is 13.2 Å². The van der Waals surface area contributed by atoms with E-state index in [4.69, 9.17) is 0 Å². The molecule has 3 nitrogen and oxygen atoms in total. The summed E-state index contributed by atoms with van der Waals surface area (Å²) in [5.74, 6) is 0. The highest BCUT2D eigenvalue weighted by Gasteiger charge is 2.27. The number of hydrogen-bond donors (Lipinski definition) is 1. The quantitative estimate of drug-likeness (QED) is 0.820. The molecule has 0 bridgehead atoms. The van der Waals surface area contributed by atoms with Crippen LogP contribution >= 0.6 is 15.9 Å². The molecule has 0 unspecified atom stereocenters. The van der Waals surface area contributed by atoms with Gasteiger partial charge in [0, 0.05) is 30.0 Å². The number of hydrogen-bond acceptors (Lipinski definition) is 3. The molecule has 0 fully saturated rings. The molecule has 96 valence electrons. The summed E-state index contributed by atoms with van der Waals surface area (Å²) in [4.78, 5) is 3.96. The topological polar surface area (TPSA) is 34.1 Å². The summed E-state index contributed by atoms with van der Waals surface area (Å²) in [6.45, 7) is -0.265. The molecule has 0 aliphatic heterocycles.